The number of likely N-dealkylation sites (N-methyl/N-ethyl adjacent to an activating group) is 1. The predicted octanol–water partition coefficient (Wildman–Crippen LogP) is 2.11. The van der Waals surface area contributed by atoms with Gasteiger partial charge in [0.15, 0.2) is 0 Å². The zero-order valence-electron chi connectivity index (χ0n) is 11.4. The SMILES string of the molecule is Cc1ccc(C(N)CN(C)CC2CCCO2)cc1. The van der Waals surface area contributed by atoms with Gasteiger partial charge in [-0.1, -0.05) is 29.8 Å². The second kappa shape index (κ2) is 6.32. The molecule has 100 valence electrons. The first-order valence-corrected chi connectivity index (χ1v) is 6.77. The van der Waals surface area contributed by atoms with E-state index in [0.29, 0.717) is 6.10 Å². The van der Waals surface area contributed by atoms with Gasteiger partial charge in [0, 0.05) is 25.7 Å². The monoisotopic (exact) mass is 248 g/mol. The van der Waals surface area contributed by atoms with Crippen LogP contribution in [0.25, 0.3) is 0 Å². The van der Waals surface area contributed by atoms with Gasteiger partial charge < -0.3 is 15.4 Å². The summed E-state index contributed by atoms with van der Waals surface area (Å²) in [7, 11) is 2.12. The molecule has 0 aromatic heterocycles. The van der Waals surface area contributed by atoms with Gasteiger partial charge in [-0.2, -0.15) is 0 Å². The quantitative estimate of drug-likeness (QED) is 0.867. The maximum Gasteiger partial charge on any atom is 0.0702 e. The molecule has 0 aliphatic carbocycles. The van der Waals surface area contributed by atoms with Gasteiger partial charge in [0.25, 0.3) is 0 Å². The summed E-state index contributed by atoms with van der Waals surface area (Å²) in [4.78, 5) is 2.28. The third-order valence-electron chi connectivity index (χ3n) is 3.55. The molecule has 0 bridgehead atoms. The Hall–Kier alpha value is -0.900. The van der Waals surface area contributed by atoms with Crippen LogP contribution < -0.4 is 5.73 Å². The van der Waals surface area contributed by atoms with Gasteiger partial charge in [0.05, 0.1) is 6.10 Å². The van der Waals surface area contributed by atoms with Crippen molar-refractivity contribution in [3.8, 4) is 0 Å². The number of rotatable bonds is 5. The normalized spacial score (nSPS) is 21.4. The van der Waals surface area contributed by atoms with Crippen molar-refractivity contribution in [1.82, 2.24) is 4.90 Å². The van der Waals surface area contributed by atoms with Gasteiger partial charge in [-0.05, 0) is 32.4 Å². The number of hydrogen-bond donors (Lipinski definition) is 1. The molecule has 1 fully saturated rings. The fourth-order valence-corrected chi connectivity index (χ4v) is 2.47. The van der Waals surface area contributed by atoms with Crippen molar-refractivity contribution < 1.29 is 4.74 Å². The average molecular weight is 248 g/mol. The number of nitrogens with two attached hydrogens (primary N) is 1. The van der Waals surface area contributed by atoms with E-state index < -0.39 is 0 Å². The molecule has 1 aromatic rings. The average Bonchev–Trinajstić information content (AvgIpc) is 2.82. The summed E-state index contributed by atoms with van der Waals surface area (Å²) in [6.45, 7) is 4.88. The Balaban J connectivity index is 1.82. The topological polar surface area (TPSA) is 38.5 Å². The summed E-state index contributed by atoms with van der Waals surface area (Å²) in [5.41, 5.74) is 8.72. The van der Waals surface area contributed by atoms with E-state index in [1.165, 1.54) is 24.0 Å². The van der Waals surface area contributed by atoms with Crippen LogP contribution in [0.5, 0.6) is 0 Å². The summed E-state index contributed by atoms with van der Waals surface area (Å²) in [6, 6.07) is 8.57. The fourth-order valence-electron chi connectivity index (χ4n) is 2.47. The summed E-state index contributed by atoms with van der Waals surface area (Å²) in [5.74, 6) is 0. The lowest BCUT2D eigenvalue weighted by atomic mass is 10.1. The molecule has 1 aliphatic rings. The molecule has 1 aliphatic heterocycles. The van der Waals surface area contributed by atoms with Crippen LogP contribution in [0.2, 0.25) is 0 Å². The van der Waals surface area contributed by atoms with Gasteiger partial charge in [-0.3, -0.25) is 0 Å². The Labute approximate surface area is 110 Å². The number of aryl methyl sites for hydroxylation is 1. The molecule has 1 aromatic carbocycles. The number of benzene rings is 1. The van der Waals surface area contributed by atoms with Crippen LogP contribution in [-0.4, -0.2) is 37.7 Å². The first kappa shape index (κ1) is 13.5. The zero-order valence-corrected chi connectivity index (χ0v) is 11.4. The lowest BCUT2D eigenvalue weighted by molar-refractivity contribution is 0.0796. The Morgan fingerprint density at radius 2 is 2.11 bits per heavy atom. The second-order valence-corrected chi connectivity index (χ2v) is 5.37. The van der Waals surface area contributed by atoms with Crippen LogP contribution in [0.4, 0.5) is 0 Å². The highest BCUT2D eigenvalue weighted by Gasteiger charge is 2.18. The third kappa shape index (κ3) is 3.80. The molecule has 3 heteroatoms. The predicted molar refractivity (Wildman–Crippen MR) is 74.6 cm³/mol. The Morgan fingerprint density at radius 3 is 2.72 bits per heavy atom. The minimum atomic E-state index is 0.0806. The second-order valence-electron chi connectivity index (χ2n) is 5.37. The van der Waals surface area contributed by atoms with Gasteiger partial charge in [-0.15, -0.1) is 0 Å². The Morgan fingerprint density at radius 1 is 1.39 bits per heavy atom. The smallest absolute Gasteiger partial charge is 0.0702 e. The molecule has 18 heavy (non-hydrogen) atoms. The molecule has 2 unspecified atom stereocenters. The molecular weight excluding hydrogens is 224 g/mol. The highest BCUT2D eigenvalue weighted by molar-refractivity contribution is 5.24. The van der Waals surface area contributed by atoms with E-state index in [1.54, 1.807) is 0 Å². The van der Waals surface area contributed by atoms with E-state index in [9.17, 15) is 0 Å². The van der Waals surface area contributed by atoms with Crippen LogP contribution >= 0.6 is 0 Å². The highest BCUT2D eigenvalue weighted by Crippen LogP contribution is 2.15. The minimum Gasteiger partial charge on any atom is -0.377 e. The third-order valence-corrected chi connectivity index (χ3v) is 3.55. The number of hydrogen-bond acceptors (Lipinski definition) is 3. The van der Waals surface area contributed by atoms with E-state index in [0.717, 1.165) is 19.7 Å². The van der Waals surface area contributed by atoms with Crippen LogP contribution in [0.15, 0.2) is 24.3 Å². The van der Waals surface area contributed by atoms with Crippen LogP contribution in [0.1, 0.15) is 30.0 Å². The van der Waals surface area contributed by atoms with E-state index in [2.05, 4.69) is 43.1 Å². The number of nitrogens with zero attached hydrogens (tertiary/aromatic N) is 1. The summed E-state index contributed by atoms with van der Waals surface area (Å²) >= 11 is 0. The van der Waals surface area contributed by atoms with Crippen molar-refractivity contribution >= 4 is 0 Å². The minimum absolute atomic E-state index is 0.0806. The molecule has 0 amide bonds. The van der Waals surface area contributed by atoms with Crippen molar-refractivity contribution in [2.45, 2.75) is 31.9 Å². The molecule has 1 saturated heterocycles. The molecule has 0 saturated carbocycles. The highest BCUT2D eigenvalue weighted by atomic mass is 16.5. The maximum atomic E-state index is 6.24. The van der Waals surface area contributed by atoms with E-state index >= 15 is 0 Å². The summed E-state index contributed by atoms with van der Waals surface area (Å²) in [6.07, 6.45) is 2.78. The molecule has 3 nitrogen and oxygen atoms in total. The number of ether oxygens (including phenoxy) is 1. The molecule has 0 radical (unpaired) electrons. The largest absolute Gasteiger partial charge is 0.377 e. The first-order valence-electron chi connectivity index (χ1n) is 6.77. The Bertz CT molecular complexity index is 357. The van der Waals surface area contributed by atoms with Crippen molar-refractivity contribution in [2.24, 2.45) is 5.73 Å². The van der Waals surface area contributed by atoms with Crippen LogP contribution in [-0.2, 0) is 4.74 Å². The van der Waals surface area contributed by atoms with Crippen LogP contribution in [0.3, 0.4) is 0 Å². The van der Waals surface area contributed by atoms with Crippen LogP contribution in [0, 0.1) is 6.92 Å². The van der Waals surface area contributed by atoms with Crippen molar-refractivity contribution in [3.63, 3.8) is 0 Å². The fraction of sp³-hybridized carbons (Fsp3) is 0.600. The van der Waals surface area contributed by atoms with Crippen molar-refractivity contribution in [1.29, 1.82) is 0 Å². The molecule has 2 N–H and O–H groups in total. The summed E-state index contributed by atoms with van der Waals surface area (Å²) in [5, 5.41) is 0. The van der Waals surface area contributed by atoms with E-state index in [4.69, 9.17) is 10.5 Å². The maximum absolute atomic E-state index is 6.24. The lowest BCUT2D eigenvalue weighted by Gasteiger charge is -2.24. The van der Waals surface area contributed by atoms with Gasteiger partial charge in [0.2, 0.25) is 0 Å². The molecule has 2 atom stereocenters. The van der Waals surface area contributed by atoms with Gasteiger partial charge >= 0.3 is 0 Å². The summed E-state index contributed by atoms with van der Waals surface area (Å²) < 4.78 is 5.64. The zero-order chi connectivity index (χ0) is 13.0. The van der Waals surface area contributed by atoms with Gasteiger partial charge in [-0.25, -0.2) is 0 Å². The molecular formula is C15H24N2O. The first-order chi connectivity index (χ1) is 8.65. The standard InChI is InChI=1S/C15H24N2O/c1-12-5-7-13(8-6-12)15(16)11-17(2)10-14-4-3-9-18-14/h5-8,14-15H,3-4,9-11,16H2,1-2H3. The molecule has 0 spiro atoms. The lowest BCUT2D eigenvalue weighted by Crippen LogP contribution is -2.34. The molecule has 2 rings (SSSR count). The Kier molecular flexibility index (Phi) is 4.75. The van der Waals surface area contributed by atoms with Crippen molar-refractivity contribution in [2.75, 3.05) is 26.7 Å². The molecule has 1 heterocycles. The van der Waals surface area contributed by atoms with E-state index in [1.807, 2.05) is 0 Å². The van der Waals surface area contributed by atoms with E-state index in [-0.39, 0.29) is 6.04 Å². The van der Waals surface area contributed by atoms with Gasteiger partial charge in [0.1, 0.15) is 0 Å². The van der Waals surface area contributed by atoms with Crippen molar-refractivity contribution in [3.05, 3.63) is 35.4 Å².